The molecule has 9 nitrogen and oxygen atoms in total. The van der Waals surface area contributed by atoms with Crippen molar-refractivity contribution in [3.8, 4) is 0 Å². The maximum Gasteiger partial charge on any atom is 0.407 e. The smallest absolute Gasteiger partial charge is 0.407 e. The number of unbranched alkanes of at least 4 members (excludes halogenated alkanes) is 18. The molecule has 0 aromatic carbocycles. The van der Waals surface area contributed by atoms with E-state index in [0.29, 0.717) is 30.7 Å². The highest BCUT2D eigenvalue weighted by molar-refractivity contribution is 5.72. The zero-order valence-electron chi connectivity index (χ0n) is 43.7. The maximum absolute atomic E-state index is 12.9. The van der Waals surface area contributed by atoms with Crippen molar-refractivity contribution >= 4 is 24.0 Å². The highest BCUT2D eigenvalue weighted by Gasteiger charge is 2.51. The van der Waals surface area contributed by atoms with Crippen molar-refractivity contribution < 1.29 is 38.1 Å². The topological polar surface area (TPSA) is 117 Å². The second kappa shape index (κ2) is 42.1. The molecule has 2 aliphatic carbocycles. The van der Waals surface area contributed by atoms with Gasteiger partial charge in [-0.05, 0) is 108 Å². The molecule has 2 unspecified atom stereocenters. The summed E-state index contributed by atoms with van der Waals surface area (Å²) in [5.74, 6) is -0.795. The number of carbonyl (C=O) groups excluding carboxylic acids is 4. The Morgan fingerprint density at radius 3 is 1.58 bits per heavy atom. The van der Waals surface area contributed by atoms with Gasteiger partial charge in [-0.1, -0.05) is 180 Å². The van der Waals surface area contributed by atoms with Crippen LogP contribution in [0.4, 0.5) is 4.79 Å². The Labute approximate surface area is 411 Å². The SMILES string of the molecule is CCCCC/C=C\C/C=C\CCCCCCCC(=O)OCC(COC(=O)CCCC(=O)OC(CCCCCCCC)CCCCCCCC)COC(=O)NCCC1CC12CCCCCCCC2. The van der Waals surface area contributed by atoms with Crippen molar-refractivity contribution in [2.75, 3.05) is 26.4 Å². The predicted molar refractivity (Wildman–Crippen MR) is 276 cm³/mol. The number of carbonyl (C=O) groups is 4. The maximum atomic E-state index is 12.9. The van der Waals surface area contributed by atoms with Gasteiger partial charge in [0.25, 0.3) is 0 Å². The lowest BCUT2D eigenvalue weighted by Gasteiger charge is -2.19. The van der Waals surface area contributed by atoms with Crippen LogP contribution in [0.3, 0.4) is 0 Å². The molecule has 0 heterocycles. The summed E-state index contributed by atoms with van der Waals surface area (Å²) in [6, 6.07) is 0. The molecule has 2 rings (SSSR count). The Kier molecular flexibility index (Phi) is 37.9. The minimum Gasteiger partial charge on any atom is -0.465 e. The van der Waals surface area contributed by atoms with E-state index in [1.165, 1.54) is 148 Å². The van der Waals surface area contributed by atoms with Gasteiger partial charge in [-0.2, -0.15) is 0 Å². The van der Waals surface area contributed by atoms with E-state index in [4.69, 9.17) is 18.9 Å². The number of hydrogen-bond donors (Lipinski definition) is 1. The fraction of sp³-hybridized carbons (Fsp3) is 0.862. The highest BCUT2D eigenvalue weighted by Crippen LogP contribution is 2.61. The van der Waals surface area contributed by atoms with Gasteiger partial charge in [-0.15, -0.1) is 0 Å². The van der Waals surface area contributed by atoms with Crippen LogP contribution >= 0.6 is 0 Å². The van der Waals surface area contributed by atoms with Gasteiger partial charge in [0.05, 0.1) is 5.92 Å². The average molecular weight is 942 g/mol. The number of esters is 3. The first kappa shape index (κ1) is 60.3. The molecule has 0 radical (unpaired) electrons. The van der Waals surface area contributed by atoms with Gasteiger partial charge >= 0.3 is 24.0 Å². The van der Waals surface area contributed by atoms with E-state index >= 15 is 0 Å². The number of allylic oxidation sites excluding steroid dienone is 4. The fourth-order valence-corrected chi connectivity index (χ4v) is 9.81. The third-order valence-electron chi connectivity index (χ3n) is 14.3. The van der Waals surface area contributed by atoms with Gasteiger partial charge < -0.3 is 24.3 Å². The van der Waals surface area contributed by atoms with Crippen molar-refractivity contribution in [2.24, 2.45) is 17.3 Å². The molecule has 2 aliphatic rings. The lowest BCUT2D eigenvalue weighted by atomic mass is 9.90. The zero-order valence-corrected chi connectivity index (χ0v) is 43.7. The number of alkyl carbamates (subject to hydrolysis) is 1. The normalized spacial score (nSPS) is 16.4. The minimum absolute atomic E-state index is 0.00479. The number of rotatable bonds is 42. The van der Waals surface area contributed by atoms with E-state index in [9.17, 15) is 19.2 Å². The molecule has 0 aromatic rings. The van der Waals surface area contributed by atoms with Crippen LogP contribution < -0.4 is 5.32 Å². The van der Waals surface area contributed by atoms with Gasteiger partial charge in [0.1, 0.15) is 25.9 Å². The third kappa shape index (κ3) is 34.2. The molecule has 0 saturated heterocycles. The molecule has 67 heavy (non-hydrogen) atoms. The summed E-state index contributed by atoms with van der Waals surface area (Å²) in [7, 11) is 0. The Morgan fingerprint density at radius 2 is 0.985 bits per heavy atom. The van der Waals surface area contributed by atoms with Crippen LogP contribution in [0.25, 0.3) is 0 Å². The molecule has 9 heteroatoms. The summed E-state index contributed by atoms with van der Waals surface area (Å²) >= 11 is 0. The highest BCUT2D eigenvalue weighted by atomic mass is 16.6. The summed E-state index contributed by atoms with van der Waals surface area (Å²) in [6.07, 6.45) is 50.9. The molecule has 2 fully saturated rings. The molecule has 1 N–H and O–H groups in total. The molecule has 1 amide bonds. The van der Waals surface area contributed by atoms with Gasteiger partial charge in [0.15, 0.2) is 0 Å². The van der Waals surface area contributed by atoms with E-state index < -0.39 is 18.0 Å². The van der Waals surface area contributed by atoms with Crippen LogP contribution in [-0.2, 0) is 33.3 Å². The summed E-state index contributed by atoms with van der Waals surface area (Å²) < 4.78 is 22.8. The molecular weight excluding hydrogens is 839 g/mol. The predicted octanol–water partition coefficient (Wildman–Crippen LogP) is 16.3. The second-order valence-corrected chi connectivity index (χ2v) is 20.5. The molecule has 0 aromatic heterocycles. The van der Waals surface area contributed by atoms with Gasteiger partial charge in [-0.25, -0.2) is 4.79 Å². The minimum atomic E-state index is -0.498. The zero-order chi connectivity index (χ0) is 48.3. The van der Waals surface area contributed by atoms with Crippen LogP contribution in [0.15, 0.2) is 24.3 Å². The Bertz CT molecular complexity index is 1270. The van der Waals surface area contributed by atoms with Gasteiger partial charge in [0, 0.05) is 25.8 Å². The summed E-state index contributed by atoms with van der Waals surface area (Å²) in [5.41, 5.74) is 0.486. The van der Waals surface area contributed by atoms with E-state index in [1.54, 1.807) is 0 Å². The van der Waals surface area contributed by atoms with Crippen molar-refractivity contribution in [1.82, 2.24) is 5.32 Å². The summed E-state index contributed by atoms with van der Waals surface area (Å²) in [4.78, 5) is 51.4. The van der Waals surface area contributed by atoms with Crippen molar-refractivity contribution in [3.63, 3.8) is 0 Å². The van der Waals surface area contributed by atoms with Crippen LogP contribution in [0.5, 0.6) is 0 Å². The summed E-state index contributed by atoms with van der Waals surface area (Å²) in [6.45, 7) is 7.19. The van der Waals surface area contributed by atoms with Crippen molar-refractivity contribution in [2.45, 2.75) is 277 Å². The molecular formula is C58H103NO8. The third-order valence-corrected chi connectivity index (χ3v) is 14.3. The van der Waals surface area contributed by atoms with Crippen LogP contribution in [0.2, 0.25) is 0 Å². The van der Waals surface area contributed by atoms with E-state index in [2.05, 4.69) is 50.4 Å². The van der Waals surface area contributed by atoms with Crippen LogP contribution in [-0.4, -0.2) is 56.5 Å². The van der Waals surface area contributed by atoms with E-state index in [-0.39, 0.29) is 50.7 Å². The Hall–Kier alpha value is -2.84. The lowest BCUT2D eigenvalue weighted by molar-refractivity contribution is -0.150. The summed E-state index contributed by atoms with van der Waals surface area (Å²) in [5, 5.41) is 2.94. The Balaban J connectivity index is 1.76. The second-order valence-electron chi connectivity index (χ2n) is 20.5. The standard InChI is InChI=1S/C58H103NO8/c1-4-7-10-13-16-17-18-19-20-21-22-23-24-29-34-40-54(60)64-48-51(50-66-57(63)59-46-43-52-47-58(52)44-35-30-25-26-31-36-45-58)49-65-55(61)41-37-42-56(62)67-53(38-32-27-14-11-8-5-2)39-33-28-15-12-9-6-3/h16-17,19-20,51-53H,4-15,18,21-50H2,1-3H3,(H,59,63)/b17-16-,20-19-. The molecule has 0 bridgehead atoms. The molecule has 1 spiro atoms. The number of ether oxygens (including phenoxy) is 4. The number of nitrogens with one attached hydrogen (secondary N) is 1. The molecule has 2 saturated carbocycles. The monoisotopic (exact) mass is 942 g/mol. The first-order valence-corrected chi connectivity index (χ1v) is 28.5. The van der Waals surface area contributed by atoms with Crippen LogP contribution in [0, 0.1) is 17.3 Å². The van der Waals surface area contributed by atoms with E-state index in [1.807, 2.05) is 0 Å². The van der Waals surface area contributed by atoms with Crippen molar-refractivity contribution in [1.29, 1.82) is 0 Å². The first-order valence-electron chi connectivity index (χ1n) is 28.5. The lowest BCUT2D eigenvalue weighted by Crippen LogP contribution is -2.31. The fourth-order valence-electron chi connectivity index (χ4n) is 9.81. The van der Waals surface area contributed by atoms with E-state index in [0.717, 1.165) is 77.0 Å². The van der Waals surface area contributed by atoms with Gasteiger partial charge in [-0.3, -0.25) is 14.4 Å². The average Bonchev–Trinajstić information content (AvgIpc) is 3.98. The number of amides is 1. The number of hydrogen-bond acceptors (Lipinski definition) is 8. The quantitative estimate of drug-likeness (QED) is 0.0278. The van der Waals surface area contributed by atoms with Gasteiger partial charge in [0.2, 0.25) is 0 Å². The largest absolute Gasteiger partial charge is 0.465 e. The van der Waals surface area contributed by atoms with Crippen molar-refractivity contribution in [3.05, 3.63) is 24.3 Å². The molecule has 388 valence electrons. The molecule has 2 atom stereocenters. The Morgan fingerprint density at radius 1 is 0.522 bits per heavy atom. The molecule has 0 aliphatic heterocycles. The van der Waals surface area contributed by atoms with Crippen LogP contribution in [0.1, 0.15) is 271 Å². The first-order chi connectivity index (χ1) is 32.8.